The number of benzene rings is 1. The Morgan fingerprint density at radius 2 is 1.81 bits per heavy atom. The van der Waals surface area contributed by atoms with E-state index in [2.05, 4.69) is 21.6 Å². The number of aryl methyl sites for hydroxylation is 1. The molecule has 1 amide bonds. The van der Waals surface area contributed by atoms with E-state index in [0.717, 1.165) is 0 Å². The first-order chi connectivity index (χ1) is 19.8. The van der Waals surface area contributed by atoms with Crippen LogP contribution in [0, 0.1) is 17.7 Å². The summed E-state index contributed by atoms with van der Waals surface area (Å²) in [5, 5.41) is 0.274. The van der Waals surface area contributed by atoms with E-state index >= 15 is 0 Å². The van der Waals surface area contributed by atoms with Gasteiger partial charge >= 0.3 is 18.0 Å². The Hall–Kier alpha value is -3.69. The van der Waals surface area contributed by atoms with E-state index in [9.17, 15) is 18.8 Å². The van der Waals surface area contributed by atoms with Gasteiger partial charge in [0.1, 0.15) is 5.60 Å². The molecule has 1 aromatic heterocycles. The van der Waals surface area contributed by atoms with Gasteiger partial charge in [0.05, 0.1) is 27.4 Å². The highest BCUT2D eigenvalue weighted by Gasteiger charge is 2.28. The van der Waals surface area contributed by atoms with Crippen LogP contribution in [0.15, 0.2) is 18.2 Å². The number of thiazole rings is 1. The maximum absolute atomic E-state index is 14.5. The SMILES string of the molecule is COC(=O)CCCCN(C(=O)OC(C)(C)C)c1nc(C(=O)OC)c(CCCOc2ccc(C#CCN(C)C)cc2F)s1. The normalized spacial score (nSPS) is 11.0. The number of esters is 2. The lowest BCUT2D eigenvalue weighted by molar-refractivity contribution is -0.140. The van der Waals surface area contributed by atoms with Crippen LogP contribution in [0.1, 0.15) is 67.4 Å². The molecule has 0 aliphatic heterocycles. The first-order valence-electron chi connectivity index (χ1n) is 13.6. The van der Waals surface area contributed by atoms with Crippen molar-refractivity contribution in [2.75, 3.05) is 52.9 Å². The number of amides is 1. The fraction of sp³-hybridized carbons (Fsp3) is 0.533. The fourth-order valence-electron chi connectivity index (χ4n) is 3.51. The molecule has 0 spiro atoms. The van der Waals surface area contributed by atoms with Crippen molar-refractivity contribution < 1.29 is 37.7 Å². The number of nitrogens with zero attached hydrogens (tertiary/aromatic N) is 3. The van der Waals surface area contributed by atoms with E-state index in [1.807, 2.05) is 19.0 Å². The molecule has 0 fully saturated rings. The summed E-state index contributed by atoms with van der Waals surface area (Å²) < 4.78 is 35.3. The lowest BCUT2D eigenvalue weighted by Gasteiger charge is -2.25. The topological polar surface area (TPSA) is 108 Å². The third-order valence-corrected chi connectivity index (χ3v) is 6.65. The van der Waals surface area contributed by atoms with Crippen LogP contribution in [0.3, 0.4) is 0 Å². The maximum atomic E-state index is 14.5. The quantitative estimate of drug-likeness (QED) is 0.134. The van der Waals surface area contributed by atoms with E-state index < -0.39 is 23.5 Å². The van der Waals surface area contributed by atoms with E-state index in [1.165, 1.54) is 36.5 Å². The van der Waals surface area contributed by atoms with Crippen LogP contribution in [-0.4, -0.2) is 81.5 Å². The van der Waals surface area contributed by atoms with Crippen LogP contribution in [0.25, 0.3) is 0 Å². The van der Waals surface area contributed by atoms with E-state index in [0.29, 0.717) is 42.7 Å². The number of anilines is 1. The number of carbonyl (C=O) groups is 3. The second-order valence-corrected chi connectivity index (χ2v) is 11.6. The number of aromatic nitrogens is 1. The lowest BCUT2D eigenvalue weighted by atomic mass is 10.2. The van der Waals surface area contributed by atoms with Crippen molar-refractivity contribution in [2.45, 2.75) is 58.5 Å². The first kappa shape index (κ1) is 34.5. The van der Waals surface area contributed by atoms with Gasteiger partial charge in [-0.1, -0.05) is 11.8 Å². The molecule has 0 unspecified atom stereocenters. The smallest absolute Gasteiger partial charge is 0.416 e. The minimum absolute atomic E-state index is 0.0902. The zero-order valence-electron chi connectivity index (χ0n) is 25.4. The molecule has 0 saturated heterocycles. The Kier molecular flexibility index (Phi) is 13.7. The van der Waals surface area contributed by atoms with Gasteiger partial charge in [0, 0.05) is 23.4 Å². The molecular formula is C30H40FN3O7S. The van der Waals surface area contributed by atoms with Crippen LogP contribution in [0.4, 0.5) is 14.3 Å². The Balaban J connectivity index is 2.13. The Bertz CT molecular complexity index is 1280. The molecule has 0 atom stereocenters. The average molecular weight is 606 g/mol. The van der Waals surface area contributed by atoms with E-state index in [-0.39, 0.29) is 42.1 Å². The van der Waals surface area contributed by atoms with Crippen molar-refractivity contribution in [2.24, 2.45) is 0 Å². The summed E-state index contributed by atoms with van der Waals surface area (Å²) in [5.74, 6) is 4.49. The molecule has 2 aromatic rings. The number of hydrogen-bond acceptors (Lipinski definition) is 10. The summed E-state index contributed by atoms with van der Waals surface area (Å²) in [5.41, 5.74) is -0.107. The number of carbonyl (C=O) groups excluding carboxylic acids is 3. The molecule has 0 bridgehead atoms. The standard InChI is InChI=1S/C30H40FN3O7S/c1-30(2,3)41-29(37)34(18-9-8-14-25(35)38-6)28-32-26(27(36)39-7)24(42-28)13-11-19-40-23-16-15-21(20-22(23)31)12-10-17-33(4)5/h15-16,20H,8-9,11,13-14,17-19H2,1-7H3. The molecule has 0 saturated carbocycles. The number of unbranched alkanes of at least 4 members (excludes halogenated alkanes) is 1. The molecule has 0 radical (unpaired) electrons. The largest absolute Gasteiger partial charge is 0.491 e. The Labute approximate surface area is 251 Å². The molecule has 2 rings (SSSR count). The van der Waals surface area contributed by atoms with Crippen molar-refractivity contribution in [1.82, 2.24) is 9.88 Å². The van der Waals surface area contributed by atoms with Gasteiger partial charge in [0.2, 0.25) is 0 Å². The fourth-order valence-corrected chi connectivity index (χ4v) is 4.62. The zero-order chi connectivity index (χ0) is 31.3. The van der Waals surface area contributed by atoms with Crippen LogP contribution in [0.2, 0.25) is 0 Å². The lowest BCUT2D eigenvalue weighted by Crippen LogP contribution is -2.37. The molecule has 0 N–H and O–H groups in total. The summed E-state index contributed by atoms with van der Waals surface area (Å²) >= 11 is 1.17. The molecule has 1 heterocycles. The minimum Gasteiger partial charge on any atom is -0.491 e. The van der Waals surface area contributed by atoms with Gasteiger partial charge in [0.25, 0.3) is 0 Å². The number of hydrogen-bond donors (Lipinski definition) is 0. The monoisotopic (exact) mass is 605 g/mol. The third-order valence-electron chi connectivity index (χ3n) is 5.52. The highest BCUT2D eigenvalue weighted by Crippen LogP contribution is 2.30. The van der Waals surface area contributed by atoms with Crippen molar-refractivity contribution in [3.8, 4) is 17.6 Å². The maximum Gasteiger partial charge on any atom is 0.416 e. The number of halogens is 1. The second-order valence-electron chi connectivity index (χ2n) is 10.6. The molecule has 0 aliphatic carbocycles. The molecule has 42 heavy (non-hydrogen) atoms. The van der Waals surface area contributed by atoms with E-state index in [1.54, 1.807) is 32.9 Å². The van der Waals surface area contributed by atoms with Gasteiger partial charge in [-0.2, -0.15) is 0 Å². The van der Waals surface area contributed by atoms with Crippen molar-refractivity contribution in [3.05, 3.63) is 40.2 Å². The number of ether oxygens (including phenoxy) is 4. The summed E-state index contributed by atoms with van der Waals surface area (Å²) in [7, 11) is 6.38. The highest BCUT2D eigenvalue weighted by molar-refractivity contribution is 7.16. The van der Waals surface area contributed by atoms with Gasteiger partial charge in [-0.05, 0) is 78.7 Å². The summed E-state index contributed by atoms with van der Waals surface area (Å²) in [6.45, 7) is 6.22. The highest BCUT2D eigenvalue weighted by atomic mass is 32.1. The van der Waals surface area contributed by atoms with Crippen LogP contribution >= 0.6 is 11.3 Å². The molecular weight excluding hydrogens is 565 g/mol. The van der Waals surface area contributed by atoms with E-state index in [4.69, 9.17) is 14.2 Å². The molecule has 0 aliphatic rings. The Morgan fingerprint density at radius 1 is 1.07 bits per heavy atom. The minimum atomic E-state index is -0.754. The molecule has 10 nitrogen and oxygen atoms in total. The number of rotatable bonds is 13. The van der Waals surface area contributed by atoms with Gasteiger partial charge in [0.15, 0.2) is 22.4 Å². The van der Waals surface area contributed by atoms with Crippen LogP contribution in [-0.2, 0) is 25.4 Å². The summed E-state index contributed by atoms with van der Waals surface area (Å²) in [6, 6.07) is 4.57. The average Bonchev–Trinajstić information content (AvgIpc) is 3.33. The van der Waals surface area contributed by atoms with Gasteiger partial charge in [-0.3, -0.25) is 14.6 Å². The van der Waals surface area contributed by atoms with Crippen LogP contribution < -0.4 is 9.64 Å². The Morgan fingerprint density at radius 3 is 2.43 bits per heavy atom. The van der Waals surface area contributed by atoms with Gasteiger partial charge in [-0.15, -0.1) is 11.3 Å². The van der Waals surface area contributed by atoms with Gasteiger partial charge < -0.3 is 18.9 Å². The van der Waals surface area contributed by atoms with Crippen LogP contribution in [0.5, 0.6) is 5.75 Å². The zero-order valence-corrected chi connectivity index (χ0v) is 26.2. The van der Waals surface area contributed by atoms with Crippen molar-refractivity contribution in [1.29, 1.82) is 0 Å². The van der Waals surface area contributed by atoms with Crippen molar-refractivity contribution in [3.63, 3.8) is 0 Å². The predicted molar refractivity (Wildman–Crippen MR) is 159 cm³/mol. The third kappa shape index (κ3) is 11.7. The number of methoxy groups -OCH3 is 2. The summed E-state index contributed by atoms with van der Waals surface area (Å²) in [4.78, 5) is 45.4. The molecule has 12 heteroatoms. The first-order valence-corrected chi connectivity index (χ1v) is 14.4. The second kappa shape index (κ2) is 16.7. The summed E-state index contributed by atoms with van der Waals surface area (Å²) in [6.07, 6.45) is 1.39. The molecule has 1 aromatic carbocycles. The van der Waals surface area contributed by atoms with Crippen molar-refractivity contribution >= 4 is 34.5 Å². The predicted octanol–water partition coefficient (Wildman–Crippen LogP) is 5.08. The molecule has 230 valence electrons. The van der Waals surface area contributed by atoms with Gasteiger partial charge in [-0.25, -0.2) is 19.0 Å².